The highest BCUT2D eigenvalue weighted by molar-refractivity contribution is 5.70. The Bertz CT molecular complexity index is 504. The van der Waals surface area contributed by atoms with Gasteiger partial charge in [-0.05, 0) is 36.6 Å². The van der Waals surface area contributed by atoms with Crippen molar-refractivity contribution in [3.8, 4) is 5.75 Å². The fourth-order valence-electron chi connectivity index (χ4n) is 2.48. The second kappa shape index (κ2) is 6.36. The molecule has 20 heavy (non-hydrogen) atoms. The van der Waals surface area contributed by atoms with Crippen LogP contribution in [0.25, 0.3) is 0 Å². The van der Waals surface area contributed by atoms with Gasteiger partial charge in [-0.25, -0.2) is 0 Å². The third kappa shape index (κ3) is 3.26. The average Bonchev–Trinajstić information content (AvgIpc) is 2.87. The quantitative estimate of drug-likeness (QED) is 0.661. The number of carbonyl (C=O) groups excluding carboxylic acids is 1. The van der Waals surface area contributed by atoms with Crippen LogP contribution in [0.4, 0.5) is 11.4 Å². The SMILES string of the molecule is CCOC(=O)CC1CCN(c2ccc(N=O)c(O)c2)C1. The van der Waals surface area contributed by atoms with Crippen molar-refractivity contribution in [2.75, 3.05) is 24.6 Å². The molecule has 1 saturated heterocycles. The van der Waals surface area contributed by atoms with E-state index in [2.05, 4.69) is 10.1 Å². The summed E-state index contributed by atoms with van der Waals surface area (Å²) in [4.78, 5) is 24.0. The first-order chi connectivity index (χ1) is 9.63. The van der Waals surface area contributed by atoms with Crippen molar-refractivity contribution < 1.29 is 14.6 Å². The first-order valence-corrected chi connectivity index (χ1v) is 6.71. The molecule has 6 nitrogen and oxygen atoms in total. The summed E-state index contributed by atoms with van der Waals surface area (Å²) in [5.41, 5.74) is 0.872. The van der Waals surface area contributed by atoms with Crippen LogP contribution in [0.5, 0.6) is 5.75 Å². The van der Waals surface area contributed by atoms with E-state index in [1.54, 1.807) is 13.0 Å². The first kappa shape index (κ1) is 14.3. The Kier molecular flexibility index (Phi) is 4.55. The maximum atomic E-state index is 11.5. The van der Waals surface area contributed by atoms with E-state index in [4.69, 9.17) is 4.74 Å². The van der Waals surface area contributed by atoms with E-state index in [0.717, 1.165) is 25.2 Å². The highest BCUT2D eigenvalue weighted by Gasteiger charge is 2.25. The molecule has 0 spiro atoms. The maximum absolute atomic E-state index is 11.5. The molecule has 1 N–H and O–H groups in total. The van der Waals surface area contributed by atoms with Crippen LogP contribution < -0.4 is 4.90 Å². The van der Waals surface area contributed by atoms with E-state index in [1.165, 1.54) is 12.1 Å². The number of phenolic OH excluding ortho intramolecular Hbond substituents is 1. The van der Waals surface area contributed by atoms with Gasteiger partial charge in [-0.15, -0.1) is 4.91 Å². The molecule has 108 valence electrons. The number of anilines is 1. The summed E-state index contributed by atoms with van der Waals surface area (Å²) < 4.78 is 4.95. The van der Waals surface area contributed by atoms with Crippen LogP contribution in [-0.2, 0) is 9.53 Å². The third-order valence-electron chi connectivity index (χ3n) is 3.47. The van der Waals surface area contributed by atoms with Gasteiger partial charge in [0.1, 0.15) is 11.4 Å². The van der Waals surface area contributed by atoms with Crippen molar-refractivity contribution in [3.05, 3.63) is 23.1 Å². The summed E-state index contributed by atoms with van der Waals surface area (Å²) in [6.07, 6.45) is 1.33. The molecule has 0 aliphatic carbocycles. The normalized spacial score (nSPS) is 18.1. The van der Waals surface area contributed by atoms with E-state index in [9.17, 15) is 14.8 Å². The molecular formula is C14H18N2O4. The fraction of sp³-hybridized carbons (Fsp3) is 0.500. The summed E-state index contributed by atoms with van der Waals surface area (Å²) in [6.45, 7) is 3.76. The van der Waals surface area contributed by atoms with Gasteiger partial charge in [-0.2, -0.15) is 0 Å². The van der Waals surface area contributed by atoms with Crippen LogP contribution in [0.2, 0.25) is 0 Å². The minimum absolute atomic E-state index is 0.0380. The number of hydrogen-bond acceptors (Lipinski definition) is 6. The van der Waals surface area contributed by atoms with Gasteiger partial charge in [-0.1, -0.05) is 0 Å². The van der Waals surface area contributed by atoms with Gasteiger partial charge in [0.05, 0.1) is 13.0 Å². The Morgan fingerprint density at radius 3 is 3.00 bits per heavy atom. The molecule has 1 aliphatic heterocycles. The number of hydrogen-bond donors (Lipinski definition) is 1. The monoisotopic (exact) mass is 278 g/mol. The van der Waals surface area contributed by atoms with Gasteiger partial charge < -0.3 is 14.7 Å². The Hall–Kier alpha value is -2.11. The predicted octanol–water partition coefficient (Wildman–Crippen LogP) is 2.57. The largest absolute Gasteiger partial charge is 0.505 e. The minimum atomic E-state index is -0.164. The number of aromatic hydroxyl groups is 1. The standard InChI is InChI=1S/C14H18N2O4/c1-2-20-14(18)7-10-5-6-16(9-10)11-3-4-12(15-19)13(17)8-11/h3-4,8,10,17H,2,5-7,9H2,1H3. The van der Waals surface area contributed by atoms with E-state index in [1.807, 2.05) is 0 Å². The van der Waals surface area contributed by atoms with Crippen LogP contribution in [0.1, 0.15) is 19.8 Å². The number of benzene rings is 1. The highest BCUT2D eigenvalue weighted by atomic mass is 16.5. The number of phenols is 1. The van der Waals surface area contributed by atoms with Crippen molar-refractivity contribution in [1.29, 1.82) is 0 Å². The second-order valence-electron chi connectivity index (χ2n) is 4.87. The number of carbonyl (C=O) groups is 1. The van der Waals surface area contributed by atoms with E-state index in [0.29, 0.717) is 13.0 Å². The first-order valence-electron chi connectivity index (χ1n) is 6.71. The van der Waals surface area contributed by atoms with E-state index in [-0.39, 0.29) is 23.3 Å². The lowest BCUT2D eigenvalue weighted by molar-refractivity contribution is -0.144. The van der Waals surface area contributed by atoms with E-state index >= 15 is 0 Å². The molecule has 1 aliphatic rings. The van der Waals surface area contributed by atoms with Gasteiger partial charge in [0.2, 0.25) is 0 Å². The molecule has 0 amide bonds. The zero-order valence-electron chi connectivity index (χ0n) is 11.4. The summed E-state index contributed by atoms with van der Waals surface area (Å²) in [5.74, 6) is -0.0193. The number of esters is 1. The average molecular weight is 278 g/mol. The van der Waals surface area contributed by atoms with Gasteiger partial charge in [-0.3, -0.25) is 4.79 Å². The van der Waals surface area contributed by atoms with Gasteiger partial charge in [0.25, 0.3) is 0 Å². The third-order valence-corrected chi connectivity index (χ3v) is 3.47. The Morgan fingerprint density at radius 2 is 2.35 bits per heavy atom. The zero-order valence-corrected chi connectivity index (χ0v) is 11.4. The molecule has 2 rings (SSSR count). The molecule has 0 bridgehead atoms. The molecule has 1 heterocycles. The Balaban J connectivity index is 1.97. The molecule has 1 aromatic rings. The summed E-state index contributed by atoms with van der Waals surface area (Å²) in [6, 6.07) is 4.78. The molecule has 0 aromatic heterocycles. The fourth-order valence-corrected chi connectivity index (χ4v) is 2.48. The van der Waals surface area contributed by atoms with Crippen LogP contribution in [0.15, 0.2) is 23.4 Å². The Labute approximate surface area is 117 Å². The van der Waals surface area contributed by atoms with Crippen LogP contribution in [0.3, 0.4) is 0 Å². The predicted molar refractivity (Wildman–Crippen MR) is 75.1 cm³/mol. The Morgan fingerprint density at radius 1 is 1.55 bits per heavy atom. The molecule has 0 radical (unpaired) electrons. The van der Waals surface area contributed by atoms with Crippen LogP contribution in [-0.4, -0.2) is 30.8 Å². The van der Waals surface area contributed by atoms with Crippen molar-refractivity contribution in [1.82, 2.24) is 0 Å². The van der Waals surface area contributed by atoms with Gasteiger partial charge >= 0.3 is 5.97 Å². The molecular weight excluding hydrogens is 260 g/mol. The molecule has 1 atom stereocenters. The molecule has 1 unspecified atom stereocenters. The zero-order chi connectivity index (χ0) is 14.5. The minimum Gasteiger partial charge on any atom is -0.505 e. The molecule has 1 aromatic carbocycles. The van der Waals surface area contributed by atoms with Crippen molar-refractivity contribution in [2.24, 2.45) is 11.1 Å². The topological polar surface area (TPSA) is 79.2 Å². The number of rotatable bonds is 5. The van der Waals surface area contributed by atoms with Crippen LogP contribution in [0, 0.1) is 10.8 Å². The number of nitrogens with zero attached hydrogens (tertiary/aromatic N) is 2. The lowest BCUT2D eigenvalue weighted by atomic mass is 10.1. The van der Waals surface area contributed by atoms with E-state index < -0.39 is 0 Å². The van der Waals surface area contributed by atoms with Gasteiger partial charge in [0, 0.05) is 24.8 Å². The molecule has 1 fully saturated rings. The summed E-state index contributed by atoms with van der Waals surface area (Å²) in [7, 11) is 0. The molecule has 0 saturated carbocycles. The summed E-state index contributed by atoms with van der Waals surface area (Å²) in [5, 5.41) is 12.4. The second-order valence-corrected chi connectivity index (χ2v) is 4.87. The van der Waals surface area contributed by atoms with Crippen molar-refractivity contribution in [2.45, 2.75) is 19.8 Å². The summed E-state index contributed by atoms with van der Waals surface area (Å²) >= 11 is 0. The highest BCUT2D eigenvalue weighted by Crippen LogP contribution is 2.33. The smallest absolute Gasteiger partial charge is 0.306 e. The van der Waals surface area contributed by atoms with Crippen LogP contribution >= 0.6 is 0 Å². The number of nitroso groups, excluding NO2 is 1. The van der Waals surface area contributed by atoms with Crippen molar-refractivity contribution >= 4 is 17.3 Å². The number of ether oxygens (including phenoxy) is 1. The van der Waals surface area contributed by atoms with Crippen molar-refractivity contribution in [3.63, 3.8) is 0 Å². The lowest BCUT2D eigenvalue weighted by Crippen LogP contribution is -2.20. The maximum Gasteiger partial charge on any atom is 0.306 e. The lowest BCUT2D eigenvalue weighted by Gasteiger charge is -2.19. The molecule has 6 heteroatoms. The van der Waals surface area contributed by atoms with Gasteiger partial charge in [0.15, 0.2) is 0 Å².